The van der Waals surface area contributed by atoms with Crippen molar-refractivity contribution < 1.29 is 23.9 Å². The molecule has 2 aromatic carbocycles. The maximum Gasteiger partial charge on any atom is 0.329 e. The third-order valence-electron chi connectivity index (χ3n) is 4.34. The summed E-state index contributed by atoms with van der Waals surface area (Å²) >= 11 is 0. The molecule has 0 saturated carbocycles. The summed E-state index contributed by atoms with van der Waals surface area (Å²) in [6.07, 6.45) is 0.135. The van der Waals surface area contributed by atoms with Crippen LogP contribution in [-0.4, -0.2) is 43.5 Å². The second-order valence-electron chi connectivity index (χ2n) is 6.07. The predicted molar refractivity (Wildman–Crippen MR) is 98.0 cm³/mol. The van der Waals surface area contributed by atoms with Crippen molar-refractivity contribution in [1.29, 1.82) is 0 Å². The van der Waals surface area contributed by atoms with Crippen molar-refractivity contribution in [3.05, 3.63) is 42.5 Å². The minimum Gasteiger partial charge on any atom is -0.468 e. The zero-order valence-electron chi connectivity index (χ0n) is 14.7. The number of nitrogens with zero attached hydrogens (tertiary/aromatic N) is 1. The Morgan fingerprint density at radius 1 is 1.15 bits per heavy atom. The Balaban J connectivity index is 1.68. The summed E-state index contributed by atoms with van der Waals surface area (Å²) in [4.78, 5) is 49.0. The van der Waals surface area contributed by atoms with E-state index in [-0.39, 0.29) is 19.4 Å². The van der Waals surface area contributed by atoms with Crippen molar-refractivity contribution in [3.63, 3.8) is 0 Å². The number of benzene rings is 2. The normalized spacial score (nSPS) is 16.3. The van der Waals surface area contributed by atoms with E-state index in [1.165, 1.54) is 7.11 Å². The van der Waals surface area contributed by atoms with E-state index in [2.05, 4.69) is 15.4 Å². The Morgan fingerprint density at radius 2 is 1.89 bits per heavy atom. The van der Waals surface area contributed by atoms with E-state index in [1.807, 2.05) is 30.3 Å². The molecule has 1 heterocycles. The van der Waals surface area contributed by atoms with E-state index in [0.717, 1.165) is 15.7 Å². The largest absolute Gasteiger partial charge is 0.468 e. The predicted octanol–water partition coefficient (Wildman–Crippen LogP) is 1.33. The quantitative estimate of drug-likeness (QED) is 0.590. The van der Waals surface area contributed by atoms with Crippen LogP contribution in [0.5, 0.6) is 0 Å². The van der Waals surface area contributed by atoms with Gasteiger partial charge in [0.2, 0.25) is 5.91 Å². The van der Waals surface area contributed by atoms with Gasteiger partial charge in [0.25, 0.3) is 5.91 Å². The van der Waals surface area contributed by atoms with Crippen LogP contribution in [0.1, 0.15) is 12.8 Å². The van der Waals surface area contributed by atoms with Gasteiger partial charge in [0, 0.05) is 11.8 Å². The summed E-state index contributed by atoms with van der Waals surface area (Å²) in [6, 6.07) is 11.6. The van der Waals surface area contributed by atoms with Crippen LogP contribution in [-0.2, 0) is 19.1 Å². The molecule has 1 fully saturated rings. The van der Waals surface area contributed by atoms with Gasteiger partial charge in [0.05, 0.1) is 12.8 Å². The minimum atomic E-state index is -0.791. The molecule has 8 heteroatoms. The monoisotopic (exact) mass is 369 g/mol. The van der Waals surface area contributed by atoms with E-state index < -0.39 is 29.9 Å². The van der Waals surface area contributed by atoms with Crippen molar-refractivity contribution in [2.45, 2.75) is 18.9 Å². The molecule has 1 saturated heterocycles. The fraction of sp³-hybridized carbons (Fsp3) is 0.263. The number of carbonyl (C=O) groups is 4. The Kier molecular flexibility index (Phi) is 5.35. The molecule has 2 aromatic rings. The van der Waals surface area contributed by atoms with Gasteiger partial charge in [-0.25, -0.2) is 9.69 Å². The summed E-state index contributed by atoms with van der Waals surface area (Å²) < 4.78 is 4.44. The number of fused-ring (bicyclic) bond motifs is 1. The molecule has 0 spiro atoms. The number of ether oxygens (including phenoxy) is 1. The standard InChI is InChI=1S/C19H19N3O5/c1-27-17(24)11-20-16(23)10-9-14-18(25)22(19(26)21-14)15-8-4-6-12-5-2-3-7-13(12)15/h2-8,14H,9-11H2,1H3,(H,20,23)(H,21,26)/t14-/m0/s1. The van der Waals surface area contributed by atoms with Crippen molar-refractivity contribution in [3.8, 4) is 0 Å². The molecule has 2 N–H and O–H groups in total. The zero-order chi connectivity index (χ0) is 19.4. The Labute approximate surface area is 155 Å². The summed E-state index contributed by atoms with van der Waals surface area (Å²) in [5.41, 5.74) is 0.508. The maximum atomic E-state index is 12.7. The molecule has 0 aliphatic carbocycles. The lowest BCUT2D eigenvalue weighted by molar-refractivity contribution is -0.141. The molecular formula is C19H19N3O5. The van der Waals surface area contributed by atoms with E-state index >= 15 is 0 Å². The highest BCUT2D eigenvalue weighted by Crippen LogP contribution is 2.29. The van der Waals surface area contributed by atoms with E-state index in [1.54, 1.807) is 12.1 Å². The van der Waals surface area contributed by atoms with Crippen LogP contribution < -0.4 is 15.5 Å². The van der Waals surface area contributed by atoms with E-state index in [4.69, 9.17) is 0 Å². The highest BCUT2D eigenvalue weighted by atomic mass is 16.5. The van der Waals surface area contributed by atoms with Crippen LogP contribution in [0.25, 0.3) is 10.8 Å². The van der Waals surface area contributed by atoms with Gasteiger partial charge >= 0.3 is 12.0 Å². The number of hydrogen-bond acceptors (Lipinski definition) is 5. The first kappa shape index (κ1) is 18.4. The fourth-order valence-corrected chi connectivity index (χ4v) is 2.97. The molecule has 1 aliphatic heterocycles. The van der Waals surface area contributed by atoms with Crippen molar-refractivity contribution in [2.75, 3.05) is 18.6 Å². The molecule has 0 radical (unpaired) electrons. The number of urea groups is 1. The fourth-order valence-electron chi connectivity index (χ4n) is 2.97. The lowest BCUT2D eigenvalue weighted by atomic mass is 10.1. The smallest absolute Gasteiger partial charge is 0.329 e. The van der Waals surface area contributed by atoms with Crippen molar-refractivity contribution >= 4 is 40.3 Å². The van der Waals surface area contributed by atoms with Crippen molar-refractivity contribution in [2.24, 2.45) is 0 Å². The van der Waals surface area contributed by atoms with Crippen LogP contribution in [0, 0.1) is 0 Å². The van der Waals surface area contributed by atoms with Gasteiger partial charge in [-0.2, -0.15) is 0 Å². The first-order chi connectivity index (χ1) is 13.0. The third kappa shape index (κ3) is 3.89. The van der Waals surface area contributed by atoms with Crippen LogP contribution in [0.15, 0.2) is 42.5 Å². The molecule has 27 heavy (non-hydrogen) atoms. The van der Waals surface area contributed by atoms with E-state index in [0.29, 0.717) is 5.69 Å². The lowest BCUT2D eigenvalue weighted by Crippen LogP contribution is -2.34. The van der Waals surface area contributed by atoms with Gasteiger partial charge in [-0.15, -0.1) is 0 Å². The number of hydrogen-bond donors (Lipinski definition) is 2. The molecule has 140 valence electrons. The number of esters is 1. The zero-order valence-corrected chi connectivity index (χ0v) is 14.7. The van der Waals surface area contributed by atoms with Crippen LogP contribution in [0.4, 0.5) is 10.5 Å². The van der Waals surface area contributed by atoms with Crippen LogP contribution in [0.3, 0.4) is 0 Å². The van der Waals surface area contributed by atoms with Gasteiger partial charge in [-0.05, 0) is 17.9 Å². The van der Waals surface area contributed by atoms with Crippen molar-refractivity contribution in [1.82, 2.24) is 10.6 Å². The van der Waals surface area contributed by atoms with Crippen LogP contribution in [0.2, 0.25) is 0 Å². The first-order valence-corrected chi connectivity index (χ1v) is 8.47. The number of amides is 4. The minimum absolute atomic E-state index is 0.00292. The average molecular weight is 369 g/mol. The summed E-state index contributed by atoms with van der Waals surface area (Å²) in [5, 5.41) is 6.72. The molecule has 0 unspecified atom stereocenters. The molecule has 3 rings (SSSR count). The number of carbonyl (C=O) groups excluding carboxylic acids is 4. The van der Waals surface area contributed by atoms with Gasteiger partial charge in [0.1, 0.15) is 12.6 Å². The lowest BCUT2D eigenvalue weighted by Gasteiger charge is -2.15. The summed E-state index contributed by atoms with van der Waals surface area (Å²) in [5.74, 6) is -1.36. The number of nitrogens with one attached hydrogen (secondary N) is 2. The number of imide groups is 1. The van der Waals surface area contributed by atoms with E-state index in [9.17, 15) is 19.2 Å². The molecular weight excluding hydrogens is 350 g/mol. The SMILES string of the molecule is COC(=O)CNC(=O)CC[C@@H]1NC(=O)N(c2cccc3ccccc23)C1=O. The molecule has 1 atom stereocenters. The average Bonchev–Trinajstić information content (AvgIpc) is 2.97. The molecule has 4 amide bonds. The maximum absolute atomic E-state index is 12.7. The Bertz CT molecular complexity index is 906. The summed E-state index contributed by atoms with van der Waals surface area (Å²) in [6.45, 7) is -0.234. The molecule has 0 aromatic heterocycles. The topological polar surface area (TPSA) is 105 Å². The second-order valence-corrected chi connectivity index (χ2v) is 6.07. The highest BCUT2D eigenvalue weighted by Gasteiger charge is 2.39. The van der Waals surface area contributed by atoms with Gasteiger partial charge in [0.15, 0.2) is 0 Å². The first-order valence-electron chi connectivity index (χ1n) is 8.47. The van der Waals surface area contributed by atoms with Gasteiger partial charge < -0.3 is 15.4 Å². The van der Waals surface area contributed by atoms with Gasteiger partial charge in [-0.3, -0.25) is 14.4 Å². The third-order valence-corrected chi connectivity index (χ3v) is 4.34. The van der Waals surface area contributed by atoms with Crippen LogP contribution >= 0.6 is 0 Å². The second kappa shape index (κ2) is 7.86. The highest BCUT2D eigenvalue weighted by molar-refractivity contribution is 6.24. The van der Waals surface area contributed by atoms with Gasteiger partial charge in [-0.1, -0.05) is 36.4 Å². The number of methoxy groups -OCH3 is 1. The Morgan fingerprint density at radius 3 is 2.67 bits per heavy atom. The molecule has 8 nitrogen and oxygen atoms in total. The number of anilines is 1. The molecule has 0 bridgehead atoms. The Hall–Kier alpha value is -3.42. The molecule has 1 aliphatic rings. The number of rotatable bonds is 6. The summed E-state index contributed by atoms with van der Waals surface area (Å²) in [7, 11) is 1.23.